The van der Waals surface area contributed by atoms with Crippen LogP contribution in [0.15, 0.2) is 18.2 Å². The first-order chi connectivity index (χ1) is 9.86. The van der Waals surface area contributed by atoms with Crippen LogP contribution in [0.3, 0.4) is 0 Å². The van der Waals surface area contributed by atoms with E-state index < -0.39 is 17.6 Å². The van der Waals surface area contributed by atoms with Crippen molar-refractivity contribution in [2.75, 3.05) is 33.5 Å². The first kappa shape index (κ1) is 17.3. The molecule has 0 aliphatic carbocycles. The van der Waals surface area contributed by atoms with E-state index in [1.807, 2.05) is 0 Å². The van der Waals surface area contributed by atoms with Crippen LogP contribution in [0.4, 0.5) is 13.2 Å². The highest BCUT2D eigenvalue weighted by molar-refractivity contribution is 5.97. The summed E-state index contributed by atoms with van der Waals surface area (Å²) >= 11 is 0. The van der Waals surface area contributed by atoms with E-state index in [0.29, 0.717) is 13.2 Å². The van der Waals surface area contributed by atoms with Crippen molar-refractivity contribution in [1.29, 1.82) is 5.41 Å². The van der Waals surface area contributed by atoms with E-state index in [1.165, 1.54) is 0 Å². The average Bonchev–Trinajstić information content (AvgIpc) is 2.41. The number of amidine groups is 1. The molecule has 1 aromatic rings. The Bertz CT molecular complexity index is 478. The molecule has 118 valence electrons. The molecule has 0 aliphatic rings. The lowest BCUT2D eigenvalue weighted by molar-refractivity contribution is -0.137. The second-order valence-electron chi connectivity index (χ2n) is 4.08. The summed E-state index contributed by atoms with van der Waals surface area (Å²) in [5, 5.41) is 7.33. The van der Waals surface area contributed by atoms with Crippen molar-refractivity contribution in [1.82, 2.24) is 0 Å². The van der Waals surface area contributed by atoms with Crippen molar-refractivity contribution in [3.8, 4) is 5.75 Å². The molecule has 0 aliphatic heterocycles. The van der Waals surface area contributed by atoms with E-state index in [2.05, 4.69) is 0 Å². The van der Waals surface area contributed by atoms with Gasteiger partial charge in [-0.15, -0.1) is 0 Å². The van der Waals surface area contributed by atoms with Gasteiger partial charge in [0.15, 0.2) is 0 Å². The smallest absolute Gasteiger partial charge is 0.416 e. The molecule has 0 radical (unpaired) electrons. The first-order valence-electron chi connectivity index (χ1n) is 6.11. The highest BCUT2D eigenvalue weighted by atomic mass is 19.4. The number of nitrogens with two attached hydrogens (primary N) is 1. The second kappa shape index (κ2) is 7.84. The van der Waals surface area contributed by atoms with Gasteiger partial charge in [-0.2, -0.15) is 13.2 Å². The number of ether oxygens (including phenoxy) is 3. The number of alkyl halides is 3. The van der Waals surface area contributed by atoms with Crippen molar-refractivity contribution < 1.29 is 27.4 Å². The summed E-state index contributed by atoms with van der Waals surface area (Å²) < 4.78 is 53.0. The number of methoxy groups -OCH3 is 1. The van der Waals surface area contributed by atoms with E-state index in [1.54, 1.807) is 7.11 Å². The fourth-order valence-corrected chi connectivity index (χ4v) is 1.50. The quantitative estimate of drug-likeness (QED) is 0.438. The normalized spacial score (nSPS) is 11.4. The van der Waals surface area contributed by atoms with Gasteiger partial charge in [-0.25, -0.2) is 0 Å². The molecule has 0 spiro atoms. The number of hydrogen-bond acceptors (Lipinski definition) is 4. The summed E-state index contributed by atoms with van der Waals surface area (Å²) in [6.45, 7) is 1.22. The van der Waals surface area contributed by atoms with E-state index >= 15 is 0 Å². The Morgan fingerprint density at radius 3 is 2.43 bits per heavy atom. The van der Waals surface area contributed by atoms with Gasteiger partial charge in [0, 0.05) is 7.11 Å². The maximum Gasteiger partial charge on any atom is 0.416 e. The van der Waals surface area contributed by atoms with Crippen LogP contribution >= 0.6 is 0 Å². The van der Waals surface area contributed by atoms with Gasteiger partial charge in [0.2, 0.25) is 0 Å². The molecule has 0 fully saturated rings. The van der Waals surface area contributed by atoms with E-state index in [9.17, 15) is 13.2 Å². The summed E-state index contributed by atoms with van der Waals surface area (Å²) in [5.41, 5.74) is 4.31. The van der Waals surface area contributed by atoms with E-state index in [-0.39, 0.29) is 24.5 Å². The number of nitrogen functional groups attached to an aromatic ring is 1. The van der Waals surface area contributed by atoms with Crippen molar-refractivity contribution in [3.63, 3.8) is 0 Å². The summed E-state index contributed by atoms with van der Waals surface area (Å²) in [6.07, 6.45) is -4.49. The molecule has 0 amide bonds. The topological polar surface area (TPSA) is 77.6 Å². The monoisotopic (exact) mass is 306 g/mol. The molecule has 1 aromatic carbocycles. The van der Waals surface area contributed by atoms with Crippen molar-refractivity contribution in [3.05, 3.63) is 29.3 Å². The Kier molecular flexibility index (Phi) is 6.44. The average molecular weight is 306 g/mol. The lowest BCUT2D eigenvalue weighted by Gasteiger charge is -2.14. The molecular weight excluding hydrogens is 289 g/mol. The molecule has 8 heteroatoms. The van der Waals surface area contributed by atoms with Crippen LogP contribution in [0.2, 0.25) is 0 Å². The van der Waals surface area contributed by atoms with Crippen molar-refractivity contribution in [2.24, 2.45) is 5.73 Å². The van der Waals surface area contributed by atoms with Gasteiger partial charge in [-0.1, -0.05) is 0 Å². The molecule has 5 nitrogen and oxygen atoms in total. The van der Waals surface area contributed by atoms with E-state index in [0.717, 1.165) is 18.2 Å². The molecular formula is C13H17F3N2O3. The molecule has 0 unspecified atom stereocenters. The molecule has 21 heavy (non-hydrogen) atoms. The van der Waals surface area contributed by atoms with Gasteiger partial charge < -0.3 is 19.9 Å². The predicted molar refractivity (Wildman–Crippen MR) is 70.7 cm³/mol. The second-order valence-corrected chi connectivity index (χ2v) is 4.08. The van der Waals surface area contributed by atoms with Gasteiger partial charge in [0.25, 0.3) is 0 Å². The minimum absolute atomic E-state index is 0.0956. The zero-order valence-electron chi connectivity index (χ0n) is 11.5. The first-order valence-corrected chi connectivity index (χ1v) is 6.11. The number of benzene rings is 1. The Morgan fingerprint density at radius 2 is 1.86 bits per heavy atom. The summed E-state index contributed by atoms with van der Waals surface area (Å²) in [7, 11) is 1.54. The zero-order valence-corrected chi connectivity index (χ0v) is 11.5. The molecule has 0 bridgehead atoms. The lowest BCUT2D eigenvalue weighted by atomic mass is 10.1. The molecule has 0 saturated carbocycles. The number of nitrogens with one attached hydrogen (secondary N) is 1. The summed E-state index contributed by atoms with van der Waals surface area (Å²) in [6, 6.07) is 2.83. The minimum atomic E-state index is -4.49. The molecule has 0 atom stereocenters. The van der Waals surface area contributed by atoms with Gasteiger partial charge in [0.1, 0.15) is 18.2 Å². The van der Waals surface area contributed by atoms with Crippen LogP contribution in [-0.2, 0) is 15.7 Å². The molecule has 0 heterocycles. The van der Waals surface area contributed by atoms with Crippen LogP contribution in [0, 0.1) is 5.41 Å². The fourth-order valence-electron chi connectivity index (χ4n) is 1.50. The van der Waals surface area contributed by atoms with Gasteiger partial charge in [0.05, 0.1) is 30.9 Å². The maximum absolute atomic E-state index is 12.6. The third-order valence-electron chi connectivity index (χ3n) is 2.51. The van der Waals surface area contributed by atoms with Crippen molar-refractivity contribution in [2.45, 2.75) is 6.18 Å². The van der Waals surface area contributed by atoms with Crippen molar-refractivity contribution >= 4 is 5.84 Å². The highest BCUT2D eigenvalue weighted by Gasteiger charge is 2.31. The van der Waals surface area contributed by atoms with Gasteiger partial charge in [-0.05, 0) is 18.2 Å². The van der Waals surface area contributed by atoms with Gasteiger partial charge >= 0.3 is 6.18 Å². The van der Waals surface area contributed by atoms with Crippen LogP contribution in [0.5, 0.6) is 5.75 Å². The Labute approximate surface area is 120 Å². The van der Waals surface area contributed by atoms with E-state index in [4.69, 9.17) is 25.4 Å². The largest absolute Gasteiger partial charge is 0.490 e. The maximum atomic E-state index is 12.6. The zero-order chi connectivity index (χ0) is 15.9. The lowest BCUT2D eigenvalue weighted by Crippen LogP contribution is -2.17. The SMILES string of the molecule is COCCOCCOc1ccc(C(F)(F)F)cc1C(=N)N. The molecule has 0 saturated heterocycles. The van der Waals surface area contributed by atoms with Crippen LogP contribution < -0.4 is 10.5 Å². The minimum Gasteiger partial charge on any atom is -0.490 e. The standard InChI is InChI=1S/C13H17F3N2O3/c1-19-4-5-20-6-7-21-11-3-2-9(13(14,15)16)8-10(11)12(17)18/h2-3,8H,4-7H2,1H3,(H3,17,18). The number of hydrogen-bond donors (Lipinski definition) is 2. The third-order valence-corrected chi connectivity index (χ3v) is 2.51. The fraction of sp³-hybridized carbons (Fsp3) is 0.462. The molecule has 3 N–H and O–H groups in total. The molecule has 0 aromatic heterocycles. The van der Waals surface area contributed by atoms with Crippen LogP contribution in [0.25, 0.3) is 0 Å². The molecule has 1 rings (SSSR count). The Balaban J connectivity index is 2.67. The summed E-state index contributed by atoms with van der Waals surface area (Å²) in [5.74, 6) is -0.373. The predicted octanol–water partition coefficient (Wildman–Crippen LogP) is 2.03. The van der Waals surface area contributed by atoms with Crippen LogP contribution in [0.1, 0.15) is 11.1 Å². The van der Waals surface area contributed by atoms with Crippen LogP contribution in [-0.4, -0.2) is 39.4 Å². The Hall–Kier alpha value is -1.80. The third kappa shape index (κ3) is 5.60. The highest BCUT2D eigenvalue weighted by Crippen LogP contribution is 2.32. The Morgan fingerprint density at radius 1 is 1.19 bits per heavy atom. The summed E-state index contributed by atoms with van der Waals surface area (Å²) in [4.78, 5) is 0. The number of rotatable bonds is 8. The van der Waals surface area contributed by atoms with Gasteiger partial charge in [-0.3, -0.25) is 5.41 Å². The number of halogens is 3.